The summed E-state index contributed by atoms with van der Waals surface area (Å²) in [7, 11) is 0. The fraction of sp³-hybridized carbons (Fsp3) is 0.350. The Labute approximate surface area is 163 Å². The van der Waals surface area contributed by atoms with E-state index in [1.54, 1.807) is 36.4 Å². The molecule has 1 aromatic carbocycles. The van der Waals surface area contributed by atoms with Crippen LogP contribution in [0, 0.1) is 11.8 Å². The zero-order chi connectivity index (χ0) is 20.0. The van der Waals surface area contributed by atoms with Gasteiger partial charge in [0.1, 0.15) is 6.04 Å². The number of rotatable bonds is 7. The average molecular weight is 388 g/mol. The second-order valence-corrected chi connectivity index (χ2v) is 7.83. The van der Waals surface area contributed by atoms with E-state index in [0.717, 1.165) is 0 Å². The van der Waals surface area contributed by atoms with Gasteiger partial charge in [0.15, 0.2) is 0 Å². The highest BCUT2D eigenvalue weighted by Gasteiger charge is 2.25. The lowest BCUT2D eigenvalue weighted by molar-refractivity contribution is -0.119. The van der Waals surface area contributed by atoms with Crippen molar-refractivity contribution in [3.8, 4) is 0 Å². The van der Waals surface area contributed by atoms with Crippen molar-refractivity contribution in [1.29, 1.82) is 0 Å². The third-order valence-corrected chi connectivity index (χ3v) is 4.77. The van der Waals surface area contributed by atoms with Crippen LogP contribution in [0.15, 0.2) is 41.8 Å². The number of thiophene rings is 1. The van der Waals surface area contributed by atoms with Crippen LogP contribution in [0.2, 0.25) is 0 Å². The molecule has 0 radical (unpaired) electrons. The van der Waals surface area contributed by atoms with Crippen LogP contribution < -0.4 is 16.0 Å². The molecule has 1 aromatic heterocycles. The predicted octanol–water partition coefficient (Wildman–Crippen LogP) is 3.74. The molecule has 6 nitrogen and oxygen atoms in total. The molecule has 0 saturated carbocycles. The van der Waals surface area contributed by atoms with Gasteiger partial charge in [-0.15, -0.1) is 11.3 Å². The number of hydrogen-bond acceptors (Lipinski definition) is 4. The third-order valence-electron chi connectivity index (χ3n) is 3.90. The van der Waals surface area contributed by atoms with Gasteiger partial charge in [-0.1, -0.05) is 39.8 Å². The molecule has 27 heavy (non-hydrogen) atoms. The van der Waals surface area contributed by atoms with Crippen molar-refractivity contribution in [3.63, 3.8) is 0 Å². The second-order valence-electron chi connectivity index (χ2n) is 6.89. The van der Waals surface area contributed by atoms with Gasteiger partial charge in [0.2, 0.25) is 11.8 Å². The summed E-state index contributed by atoms with van der Waals surface area (Å²) >= 11 is 1.33. The first kappa shape index (κ1) is 20.6. The highest BCUT2D eigenvalue weighted by molar-refractivity contribution is 7.12. The normalized spacial score (nSPS) is 11.9. The van der Waals surface area contributed by atoms with Gasteiger partial charge in [0, 0.05) is 17.3 Å². The maximum atomic E-state index is 12.7. The quantitative estimate of drug-likeness (QED) is 0.676. The fourth-order valence-corrected chi connectivity index (χ4v) is 2.96. The highest BCUT2D eigenvalue weighted by atomic mass is 32.1. The molecule has 3 N–H and O–H groups in total. The monoisotopic (exact) mass is 387 g/mol. The SMILES string of the molecule is CC(C)C(=O)Nc1cccc(NC(=O)C(NC(=O)c2cccs2)C(C)C)c1. The Morgan fingerprint density at radius 3 is 2.04 bits per heavy atom. The number of nitrogens with one attached hydrogen (secondary N) is 3. The smallest absolute Gasteiger partial charge is 0.262 e. The summed E-state index contributed by atoms with van der Waals surface area (Å²) in [5.41, 5.74) is 1.16. The van der Waals surface area contributed by atoms with Crippen LogP contribution in [0.4, 0.5) is 11.4 Å². The van der Waals surface area contributed by atoms with E-state index in [1.165, 1.54) is 11.3 Å². The Morgan fingerprint density at radius 1 is 0.889 bits per heavy atom. The number of benzene rings is 1. The number of carbonyl (C=O) groups is 3. The molecule has 0 fully saturated rings. The van der Waals surface area contributed by atoms with Gasteiger partial charge in [-0.3, -0.25) is 14.4 Å². The van der Waals surface area contributed by atoms with Crippen LogP contribution in [0.3, 0.4) is 0 Å². The van der Waals surface area contributed by atoms with Gasteiger partial charge in [0.25, 0.3) is 5.91 Å². The van der Waals surface area contributed by atoms with Crippen molar-refractivity contribution in [2.24, 2.45) is 11.8 Å². The molecule has 1 heterocycles. The summed E-state index contributed by atoms with van der Waals surface area (Å²) in [6, 6.07) is 9.78. The maximum absolute atomic E-state index is 12.7. The lowest BCUT2D eigenvalue weighted by Crippen LogP contribution is -2.46. The lowest BCUT2D eigenvalue weighted by Gasteiger charge is -2.21. The molecule has 0 saturated heterocycles. The molecular formula is C20H25N3O3S. The van der Waals surface area contributed by atoms with E-state index in [4.69, 9.17) is 0 Å². The topological polar surface area (TPSA) is 87.3 Å². The molecule has 0 spiro atoms. The van der Waals surface area contributed by atoms with Gasteiger partial charge in [-0.2, -0.15) is 0 Å². The minimum Gasteiger partial charge on any atom is -0.339 e. The van der Waals surface area contributed by atoms with Gasteiger partial charge < -0.3 is 16.0 Å². The van der Waals surface area contributed by atoms with Crippen molar-refractivity contribution < 1.29 is 14.4 Å². The minimum absolute atomic E-state index is 0.0854. The number of anilines is 2. The van der Waals surface area contributed by atoms with E-state index in [-0.39, 0.29) is 29.6 Å². The van der Waals surface area contributed by atoms with Crippen LogP contribution in [-0.4, -0.2) is 23.8 Å². The van der Waals surface area contributed by atoms with Crippen LogP contribution in [0.5, 0.6) is 0 Å². The molecule has 2 rings (SSSR count). The fourth-order valence-electron chi connectivity index (χ4n) is 2.34. The van der Waals surface area contributed by atoms with Gasteiger partial charge in [-0.25, -0.2) is 0 Å². The second kappa shape index (κ2) is 9.32. The van der Waals surface area contributed by atoms with Gasteiger partial charge >= 0.3 is 0 Å². The molecule has 1 atom stereocenters. The molecule has 144 valence electrons. The van der Waals surface area contributed by atoms with Crippen LogP contribution in [0.25, 0.3) is 0 Å². The molecule has 0 bridgehead atoms. The van der Waals surface area contributed by atoms with Crippen molar-refractivity contribution in [2.45, 2.75) is 33.7 Å². The molecule has 2 aromatic rings. The first-order chi connectivity index (χ1) is 12.8. The molecule has 0 aliphatic rings. The molecule has 0 aliphatic carbocycles. The molecule has 0 aliphatic heterocycles. The summed E-state index contributed by atoms with van der Waals surface area (Å²) < 4.78 is 0. The largest absolute Gasteiger partial charge is 0.339 e. The summed E-state index contributed by atoms with van der Waals surface area (Å²) in [5, 5.41) is 10.2. The van der Waals surface area contributed by atoms with E-state index >= 15 is 0 Å². The first-order valence-electron chi connectivity index (χ1n) is 8.84. The van der Waals surface area contributed by atoms with Crippen LogP contribution >= 0.6 is 11.3 Å². The minimum atomic E-state index is -0.673. The zero-order valence-electron chi connectivity index (χ0n) is 15.9. The van der Waals surface area contributed by atoms with Crippen molar-refractivity contribution in [1.82, 2.24) is 5.32 Å². The molecular weight excluding hydrogens is 362 g/mol. The summed E-state index contributed by atoms with van der Waals surface area (Å²) in [6.07, 6.45) is 0. The molecule has 7 heteroatoms. The maximum Gasteiger partial charge on any atom is 0.262 e. The first-order valence-corrected chi connectivity index (χ1v) is 9.72. The molecule has 1 unspecified atom stereocenters. The Kier molecular flexibility index (Phi) is 7.12. The zero-order valence-corrected chi connectivity index (χ0v) is 16.7. The average Bonchev–Trinajstić information content (AvgIpc) is 3.14. The van der Waals surface area contributed by atoms with Gasteiger partial charge in [0.05, 0.1) is 4.88 Å². The van der Waals surface area contributed by atoms with Gasteiger partial charge in [-0.05, 0) is 35.6 Å². The molecule has 3 amide bonds. The number of carbonyl (C=O) groups excluding carboxylic acids is 3. The third kappa shape index (κ3) is 5.92. The summed E-state index contributed by atoms with van der Waals surface area (Å²) in [4.78, 5) is 37.4. The number of hydrogen-bond donors (Lipinski definition) is 3. The van der Waals surface area contributed by atoms with Crippen LogP contribution in [0.1, 0.15) is 37.4 Å². The van der Waals surface area contributed by atoms with Crippen molar-refractivity contribution in [2.75, 3.05) is 10.6 Å². The Morgan fingerprint density at radius 2 is 1.52 bits per heavy atom. The Bertz CT molecular complexity index is 801. The van der Waals surface area contributed by atoms with Crippen molar-refractivity contribution >= 4 is 40.4 Å². The van der Waals surface area contributed by atoms with E-state index in [2.05, 4.69) is 16.0 Å². The highest BCUT2D eigenvalue weighted by Crippen LogP contribution is 2.17. The standard InChI is InChI=1S/C20H25N3O3S/c1-12(2)17(23-19(25)16-9-6-10-27-16)20(26)22-15-8-5-7-14(11-15)21-18(24)13(3)4/h5-13,17H,1-4H3,(H,21,24)(H,22,26)(H,23,25). The number of amides is 3. The Balaban J connectivity index is 2.06. The Hall–Kier alpha value is -2.67. The van der Waals surface area contributed by atoms with E-state index in [9.17, 15) is 14.4 Å². The summed E-state index contributed by atoms with van der Waals surface area (Å²) in [5.74, 6) is -0.889. The van der Waals surface area contributed by atoms with E-state index in [0.29, 0.717) is 16.3 Å². The summed E-state index contributed by atoms with van der Waals surface area (Å²) in [6.45, 7) is 7.37. The van der Waals surface area contributed by atoms with E-state index in [1.807, 2.05) is 33.1 Å². The van der Waals surface area contributed by atoms with E-state index < -0.39 is 6.04 Å². The van der Waals surface area contributed by atoms with Crippen LogP contribution in [-0.2, 0) is 9.59 Å². The predicted molar refractivity (Wildman–Crippen MR) is 109 cm³/mol. The van der Waals surface area contributed by atoms with Crippen molar-refractivity contribution in [3.05, 3.63) is 46.7 Å². The lowest BCUT2D eigenvalue weighted by atomic mass is 10.0.